The molecule has 6 nitrogen and oxygen atoms in total. The fourth-order valence-corrected chi connectivity index (χ4v) is 4.03. The third kappa shape index (κ3) is 4.78. The van der Waals surface area contributed by atoms with Crippen molar-refractivity contribution in [2.45, 2.75) is 11.6 Å². The predicted octanol–water partition coefficient (Wildman–Crippen LogP) is 3.45. The second-order valence-electron chi connectivity index (χ2n) is 5.51. The highest BCUT2D eigenvalue weighted by molar-refractivity contribution is 7.99. The van der Waals surface area contributed by atoms with Gasteiger partial charge < -0.3 is 9.88 Å². The number of nitrogens with zero attached hydrogens (tertiary/aromatic N) is 2. The van der Waals surface area contributed by atoms with E-state index in [2.05, 4.69) is 15.6 Å². The second-order valence-corrected chi connectivity index (χ2v) is 7.92. The number of urea groups is 1. The molecule has 0 atom stereocenters. The number of amides is 3. The van der Waals surface area contributed by atoms with Crippen LogP contribution in [-0.2, 0) is 18.3 Å². The highest BCUT2D eigenvalue weighted by atomic mass is 35.5. The lowest BCUT2D eigenvalue weighted by Gasteiger charge is -2.06. The van der Waals surface area contributed by atoms with Crippen LogP contribution >= 0.6 is 34.7 Å². The lowest BCUT2D eigenvalue weighted by Crippen LogP contribution is -2.41. The molecular weight excluding hydrogens is 392 g/mol. The molecule has 2 N–H and O–H groups in total. The van der Waals surface area contributed by atoms with Crippen LogP contribution in [0.25, 0.3) is 11.0 Å². The molecule has 0 bridgehead atoms. The number of benzene rings is 1. The third-order valence-electron chi connectivity index (χ3n) is 3.62. The summed E-state index contributed by atoms with van der Waals surface area (Å²) in [6.45, 7) is 0.484. The van der Waals surface area contributed by atoms with Gasteiger partial charge in [0.05, 0.1) is 16.8 Å². The minimum atomic E-state index is -0.482. The molecular formula is C17H17ClN4O2S2. The minimum Gasteiger partial charge on any atom is -0.337 e. The Labute approximate surface area is 163 Å². The Balaban J connectivity index is 1.46. The molecule has 0 fully saturated rings. The molecule has 0 radical (unpaired) electrons. The van der Waals surface area contributed by atoms with E-state index in [-0.39, 0.29) is 11.7 Å². The summed E-state index contributed by atoms with van der Waals surface area (Å²) in [6.07, 6.45) is 0.746. The van der Waals surface area contributed by atoms with Gasteiger partial charge in [0, 0.05) is 23.5 Å². The van der Waals surface area contributed by atoms with Crippen molar-refractivity contribution in [2.75, 3.05) is 12.3 Å². The van der Waals surface area contributed by atoms with Gasteiger partial charge in [-0.1, -0.05) is 29.4 Å². The second kappa shape index (κ2) is 8.57. The maximum Gasteiger partial charge on any atom is 0.321 e. The summed E-state index contributed by atoms with van der Waals surface area (Å²) in [5.74, 6) is -0.266. The third-order valence-corrected chi connectivity index (χ3v) is 5.83. The van der Waals surface area contributed by atoms with Gasteiger partial charge in [0.15, 0.2) is 5.16 Å². The normalized spacial score (nSPS) is 10.8. The fourth-order valence-electron chi connectivity index (χ4n) is 2.37. The number of aryl methyl sites for hydroxylation is 1. The smallest absolute Gasteiger partial charge is 0.321 e. The van der Waals surface area contributed by atoms with E-state index in [4.69, 9.17) is 11.6 Å². The number of carbonyl (C=O) groups is 2. The molecule has 26 heavy (non-hydrogen) atoms. The Kier molecular flexibility index (Phi) is 6.18. The number of halogens is 1. The molecule has 2 heterocycles. The lowest BCUT2D eigenvalue weighted by molar-refractivity contribution is -0.117. The summed E-state index contributed by atoms with van der Waals surface area (Å²) in [5.41, 5.74) is 1.71. The predicted molar refractivity (Wildman–Crippen MR) is 106 cm³/mol. The van der Waals surface area contributed by atoms with Crippen molar-refractivity contribution in [3.8, 4) is 0 Å². The number of nitrogens with one attached hydrogen (secondary N) is 2. The van der Waals surface area contributed by atoms with E-state index < -0.39 is 6.03 Å². The fraction of sp³-hybridized carbons (Fsp3) is 0.235. The number of hydrogen-bond donors (Lipinski definition) is 2. The summed E-state index contributed by atoms with van der Waals surface area (Å²) in [6, 6.07) is 8.96. The van der Waals surface area contributed by atoms with Gasteiger partial charge >= 0.3 is 6.03 Å². The van der Waals surface area contributed by atoms with Crippen molar-refractivity contribution in [1.82, 2.24) is 20.2 Å². The van der Waals surface area contributed by atoms with Crippen LogP contribution < -0.4 is 10.6 Å². The molecule has 136 valence electrons. The van der Waals surface area contributed by atoms with Gasteiger partial charge in [0.25, 0.3) is 0 Å². The molecule has 1 aromatic carbocycles. The first kappa shape index (κ1) is 18.8. The molecule has 0 saturated heterocycles. The molecule has 3 amide bonds. The zero-order valence-corrected chi connectivity index (χ0v) is 16.4. The maximum absolute atomic E-state index is 12.0. The molecule has 3 aromatic rings. The number of carbonyl (C=O) groups excluding carboxylic acids is 2. The quantitative estimate of drug-likeness (QED) is 0.612. The van der Waals surface area contributed by atoms with Crippen LogP contribution in [0.15, 0.2) is 40.9 Å². The van der Waals surface area contributed by atoms with Gasteiger partial charge in [0.2, 0.25) is 5.91 Å². The first-order chi connectivity index (χ1) is 12.5. The van der Waals surface area contributed by atoms with E-state index >= 15 is 0 Å². The van der Waals surface area contributed by atoms with Crippen LogP contribution in [0, 0.1) is 0 Å². The largest absolute Gasteiger partial charge is 0.337 e. The first-order valence-corrected chi connectivity index (χ1v) is 10.1. The topological polar surface area (TPSA) is 76.0 Å². The van der Waals surface area contributed by atoms with Crippen molar-refractivity contribution in [3.05, 3.63) is 45.6 Å². The highest BCUT2D eigenvalue weighted by Crippen LogP contribution is 2.24. The Morgan fingerprint density at radius 3 is 2.96 bits per heavy atom. The maximum atomic E-state index is 12.0. The zero-order chi connectivity index (χ0) is 18.5. The Hall–Kier alpha value is -2.03. The number of hydrogen-bond acceptors (Lipinski definition) is 5. The van der Waals surface area contributed by atoms with Crippen molar-refractivity contribution >= 4 is 57.7 Å². The van der Waals surface area contributed by atoms with Gasteiger partial charge in [-0.3, -0.25) is 10.1 Å². The summed E-state index contributed by atoms with van der Waals surface area (Å²) in [4.78, 5) is 29.4. The van der Waals surface area contributed by atoms with E-state index in [1.54, 1.807) is 23.5 Å². The van der Waals surface area contributed by atoms with Gasteiger partial charge in [-0.2, -0.15) is 0 Å². The monoisotopic (exact) mass is 408 g/mol. The van der Waals surface area contributed by atoms with Crippen molar-refractivity contribution < 1.29 is 9.59 Å². The van der Waals surface area contributed by atoms with E-state index in [9.17, 15) is 9.59 Å². The Morgan fingerprint density at radius 2 is 2.19 bits per heavy atom. The Bertz CT molecular complexity index is 924. The van der Waals surface area contributed by atoms with Crippen molar-refractivity contribution in [1.29, 1.82) is 0 Å². The lowest BCUT2D eigenvalue weighted by atomic mass is 10.3. The van der Waals surface area contributed by atoms with Crippen LogP contribution in [-0.4, -0.2) is 33.8 Å². The number of imidazole rings is 1. The number of thioether (sulfide) groups is 1. The number of fused-ring (bicyclic) bond motifs is 1. The molecule has 0 aliphatic carbocycles. The van der Waals surface area contributed by atoms with Crippen LogP contribution in [0.2, 0.25) is 5.02 Å². The summed E-state index contributed by atoms with van der Waals surface area (Å²) in [7, 11) is 1.88. The molecule has 0 saturated carbocycles. The molecule has 0 aliphatic rings. The van der Waals surface area contributed by atoms with Crippen LogP contribution in [0.5, 0.6) is 0 Å². The summed E-state index contributed by atoms with van der Waals surface area (Å²) in [5, 5.41) is 8.30. The molecule has 2 aromatic heterocycles. The van der Waals surface area contributed by atoms with Gasteiger partial charge in [-0.25, -0.2) is 9.78 Å². The van der Waals surface area contributed by atoms with Crippen molar-refractivity contribution in [2.24, 2.45) is 7.05 Å². The Morgan fingerprint density at radius 1 is 1.35 bits per heavy atom. The highest BCUT2D eigenvalue weighted by Gasteiger charge is 2.12. The van der Waals surface area contributed by atoms with E-state index in [0.29, 0.717) is 16.7 Å². The summed E-state index contributed by atoms with van der Waals surface area (Å²) < 4.78 is 1.89. The molecule has 3 rings (SSSR count). The average molecular weight is 409 g/mol. The molecule has 0 spiro atoms. The SMILES string of the molecule is Cn1c(SCC(=O)NC(=O)NCCc2cccs2)nc2cc(Cl)ccc21. The number of aromatic nitrogens is 2. The van der Waals surface area contributed by atoms with Gasteiger partial charge in [-0.15, -0.1) is 11.3 Å². The molecule has 9 heteroatoms. The average Bonchev–Trinajstić information content (AvgIpc) is 3.21. The van der Waals surface area contributed by atoms with E-state index in [1.807, 2.05) is 35.2 Å². The number of thiophene rings is 1. The van der Waals surface area contributed by atoms with Crippen LogP contribution in [0.1, 0.15) is 4.88 Å². The van der Waals surface area contributed by atoms with Crippen molar-refractivity contribution in [3.63, 3.8) is 0 Å². The number of rotatable bonds is 6. The van der Waals surface area contributed by atoms with Gasteiger partial charge in [0.1, 0.15) is 0 Å². The van der Waals surface area contributed by atoms with Gasteiger partial charge in [-0.05, 0) is 36.1 Å². The molecule has 0 unspecified atom stereocenters. The minimum absolute atomic E-state index is 0.100. The van der Waals surface area contributed by atoms with E-state index in [1.165, 1.54) is 16.6 Å². The standard InChI is InChI=1S/C17H17ClN4O2S2/c1-22-14-5-4-11(18)9-13(14)20-17(22)26-10-15(23)21-16(24)19-7-6-12-3-2-8-25-12/h2-5,8-9H,6-7,10H2,1H3,(H2,19,21,23,24). The molecule has 0 aliphatic heterocycles. The van der Waals surface area contributed by atoms with Crippen LogP contribution in [0.3, 0.4) is 0 Å². The van der Waals surface area contributed by atoms with Crippen LogP contribution in [0.4, 0.5) is 4.79 Å². The first-order valence-electron chi connectivity index (χ1n) is 7.88. The number of imide groups is 1. The summed E-state index contributed by atoms with van der Waals surface area (Å²) >= 11 is 8.88. The van der Waals surface area contributed by atoms with E-state index in [0.717, 1.165) is 17.5 Å². The zero-order valence-electron chi connectivity index (χ0n) is 14.0.